The summed E-state index contributed by atoms with van der Waals surface area (Å²) in [7, 11) is 1.36. The minimum atomic E-state index is -0.541. The van der Waals surface area contributed by atoms with E-state index in [0.29, 0.717) is 13.0 Å². The van der Waals surface area contributed by atoms with Gasteiger partial charge in [-0.3, -0.25) is 14.9 Å². The molecule has 0 bridgehead atoms. The summed E-state index contributed by atoms with van der Waals surface area (Å²) < 4.78 is 4.99. The smallest absolute Gasteiger partial charge is 0.273 e. The molecule has 6 nitrogen and oxygen atoms in total. The van der Waals surface area contributed by atoms with Gasteiger partial charge in [0.25, 0.3) is 11.6 Å². The van der Waals surface area contributed by atoms with Crippen LogP contribution >= 0.6 is 0 Å². The van der Waals surface area contributed by atoms with E-state index in [1.54, 1.807) is 6.92 Å². The number of amides is 1. The number of methoxy groups -OCH3 is 1. The maximum Gasteiger partial charge on any atom is 0.273 e. The molecule has 0 saturated heterocycles. The zero-order chi connectivity index (χ0) is 14.3. The van der Waals surface area contributed by atoms with E-state index in [2.05, 4.69) is 17.2 Å². The number of nitrogens with zero attached hydrogens (tertiary/aromatic N) is 1. The Morgan fingerprint density at radius 2 is 2.26 bits per heavy atom. The molecule has 0 heterocycles. The Balaban J connectivity index is 2.83. The maximum absolute atomic E-state index is 11.9. The molecule has 1 rings (SSSR count). The predicted octanol–water partition coefficient (Wildman–Crippen LogP) is 1.75. The van der Waals surface area contributed by atoms with Crippen LogP contribution in [-0.2, 0) is 0 Å². The number of carbonyl (C=O) groups is 1. The van der Waals surface area contributed by atoms with E-state index in [0.717, 1.165) is 0 Å². The molecule has 0 fully saturated rings. The van der Waals surface area contributed by atoms with Gasteiger partial charge in [0.05, 0.1) is 23.7 Å². The number of carbonyl (C=O) groups excluding carboxylic acids is 1. The fourth-order valence-corrected chi connectivity index (χ4v) is 1.44. The first-order valence-electron chi connectivity index (χ1n) is 5.60. The second-order valence-corrected chi connectivity index (χ2v) is 3.57. The van der Waals surface area contributed by atoms with Gasteiger partial charge in [-0.2, -0.15) is 0 Å². The molecule has 0 aromatic heterocycles. The van der Waals surface area contributed by atoms with Gasteiger partial charge in [0.1, 0.15) is 5.75 Å². The van der Waals surface area contributed by atoms with Crippen molar-refractivity contribution in [2.75, 3.05) is 13.7 Å². The van der Waals surface area contributed by atoms with Gasteiger partial charge in [0, 0.05) is 19.0 Å². The lowest BCUT2D eigenvalue weighted by Crippen LogP contribution is -2.24. The van der Waals surface area contributed by atoms with Crippen LogP contribution < -0.4 is 10.1 Å². The number of nitro groups is 1. The summed E-state index contributed by atoms with van der Waals surface area (Å²) in [5.74, 6) is 5.38. The van der Waals surface area contributed by atoms with E-state index in [1.165, 1.54) is 25.3 Å². The van der Waals surface area contributed by atoms with Crippen LogP contribution in [-0.4, -0.2) is 24.5 Å². The van der Waals surface area contributed by atoms with Gasteiger partial charge < -0.3 is 10.1 Å². The normalized spacial score (nSPS) is 9.16. The second kappa shape index (κ2) is 7.01. The number of nitrogens with one attached hydrogen (secondary N) is 1. The highest BCUT2D eigenvalue weighted by Crippen LogP contribution is 2.24. The number of benzene rings is 1. The predicted molar refractivity (Wildman–Crippen MR) is 70.0 cm³/mol. The van der Waals surface area contributed by atoms with Crippen molar-refractivity contribution >= 4 is 11.6 Å². The number of non-ortho nitro benzene ring substituents is 1. The Bertz CT molecular complexity index is 543. The van der Waals surface area contributed by atoms with Crippen LogP contribution in [0, 0.1) is 22.0 Å². The van der Waals surface area contributed by atoms with Gasteiger partial charge in [-0.1, -0.05) is 0 Å². The molecular formula is C13H14N2O4. The van der Waals surface area contributed by atoms with Crippen molar-refractivity contribution in [3.63, 3.8) is 0 Å². The quantitative estimate of drug-likeness (QED) is 0.379. The third-order valence-corrected chi connectivity index (χ3v) is 2.35. The average molecular weight is 262 g/mol. The molecule has 0 spiro atoms. The van der Waals surface area contributed by atoms with Gasteiger partial charge in [0.15, 0.2) is 0 Å². The van der Waals surface area contributed by atoms with Crippen LogP contribution in [0.2, 0.25) is 0 Å². The molecule has 1 aromatic rings. The van der Waals surface area contributed by atoms with Crippen LogP contribution in [0.5, 0.6) is 5.75 Å². The molecule has 1 aromatic carbocycles. The van der Waals surface area contributed by atoms with Gasteiger partial charge in [0.2, 0.25) is 0 Å². The standard InChI is InChI=1S/C13H14N2O4/c1-3-4-5-8-14-13(16)11-7-6-10(15(17)18)9-12(11)19-2/h6-7,9H,5,8H2,1-2H3,(H,14,16). The summed E-state index contributed by atoms with van der Waals surface area (Å²) in [5, 5.41) is 13.3. The highest BCUT2D eigenvalue weighted by atomic mass is 16.6. The van der Waals surface area contributed by atoms with E-state index in [9.17, 15) is 14.9 Å². The average Bonchev–Trinajstić information content (AvgIpc) is 2.42. The first-order valence-corrected chi connectivity index (χ1v) is 5.60. The Hall–Kier alpha value is -2.55. The maximum atomic E-state index is 11.9. The number of nitro benzene ring substituents is 1. The van der Waals surface area contributed by atoms with Gasteiger partial charge in [-0.05, 0) is 13.0 Å². The zero-order valence-electron chi connectivity index (χ0n) is 10.7. The summed E-state index contributed by atoms with van der Waals surface area (Å²) in [6.07, 6.45) is 0.553. The van der Waals surface area contributed by atoms with Crippen LogP contribution in [0.25, 0.3) is 0 Å². The van der Waals surface area contributed by atoms with Crippen LogP contribution in [0.4, 0.5) is 5.69 Å². The van der Waals surface area contributed by atoms with Crippen LogP contribution in [0.15, 0.2) is 18.2 Å². The van der Waals surface area contributed by atoms with Crippen LogP contribution in [0.1, 0.15) is 23.7 Å². The SMILES string of the molecule is CC#CCCNC(=O)c1ccc([N+](=O)[O-])cc1OC. The molecule has 1 amide bonds. The molecule has 19 heavy (non-hydrogen) atoms. The topological polar surface area (TPSA) is 81.5 Å². The number of hydrogen-bond acceptors (Lipinski definition) is 4. The van der Waals surface area contributed by atoms with E-state index >= 15 is 0 Å². The van der Waals surface area contributed by atoms with Crippen molar-refractivity contribution in [1.82, 2.24) is 5.32 Å². The molecule has 1 N–H and O–H groups in total. The Morgan fingerprint density at radius 3 is 2.84 bits per heavy atom. The highest BCUT2D eigenvalue weighted by molar-refractivity contribution is 5.97. The summed E-state index contributed by atoms with van der Waals surface area (Å²) in [4.78, 5) is 21.9. The molecule has 0 aliphatic rings. The van der Waals surface area contributed by atoms with E-state index < -0.39 is 4.92 Å². The van der Waals surface area contributed by atoms with Crippen molar-refractivity contribution in [3.8, 4) is 17.6 Å². The first-order chi connectivity index (χ1) is 9.10. The highest BCUT2D eigenvalue weighted by Gasteiger charge is 2.16. The molecule has 0 unspecified atom stereocenters. The third kappa shape index (κ3) is 4.00. The fraction of sp³-hybridized carbons (Fsp3) is 0.308. The molecule has 0 atom stereocenters. The van der Waals surface area contributed by atoms with Crippen LogP contribution in [0.3, 0.4) is 0 Å². The third-order valence-electron chi connectivity index (χ3n) is 2.35. The molecular weight excluding hydrogens is 248 g/mol. The number of ether oxygens (including phenoxy) is 1. The number of rotatable bonds is 5. The largest absolute Gasteiger partial charge is 0.496 e. The van der Waals surface area contributed by atoms with Crippen molar-refractivity contribution in [2.45, 2.75) is 13.3 Å². The molecule has 0 aliphatic heterocycles. The molecule has 0 saturated carbocycles. The summed E-state index contributed by atoms with van der Waals surface area (Å²) >= 11 is 0. The van der Waals surface area contributed by atoms with E-state index in [4.69, 9.17) is 4.74 Å². The number of hydrogen-bond donors (Lipinski definition) is 1. The Morgan fingerprint density at radius 1 is 1.53 bits per heavy atom. The molecule has 0 radical (unpaired) electrons. The van der Waals surface area contributed by atoms with Gasteiger partial charge in [-0.25, -0.2) is 0 Å². The molecule has 6 heteroatoms. The van der Waals surface area contributed by atoms with E-state index in [1.807, 2.05) is 0 Å². The van der Waals surface area contributed by atoms with Crippen molar-refractivity contribution in [3.05, 3.63) is 33.9 Å². The first kappa shape index (κ1) is 14.5. The van der Waals surface area contributed by atoms with E-state index in [-0.39, 0.29) is 22.9 Å². The van der Waals surface area contributed by atoms with Crippen molar-refractivity contribution in [1.29, 1.82) is 0 Å². The van der Waals surface area contributed by atoms with Crippen molar-refractivity contribution in [2.24, 2.45) is 0 Å². The molecule has 100 valence electrons. The molecule has 0 aliphatic carbocycles. The Labute approximate surface area is 110 Å². The van der Waals surface area contributed by atoms with Crippen molar-refractivity contribution < 1.29 is 14.5 Å². The summed E-state index contributed by atoms with van der Waals surface area (Å²) in [5.41, 5.74) is 0.141. The zero-order valence-corrected chi connectivity index (χ0v) is 10.7. The summed E-state index contributed by atoms with van der Waals surface area (Å²) in [6, 6.07) is 3.86. The van der Waals surface area contributed by atoms with Gasteiger partial charge in [-0.15, -0.1) is 11.8 Å². The lowest BCUT2D eigenvalue weighted by atomic mass is 10.1. The summed E-state index contributed by atoms with van der Waals surface area (Å²) in [6.45, 7) is 2.14. The Kier molecular flexibility index (Phi) is 5.35. The van der Waals surface area contributed by atoms with Gasteiger partial charge >= 0.3 is 0 Å². The minimum Gasteiger partial charge on any atom is -0.496 e. The second-order valence-electron chi connectivity index (χ2n) is 3.57. The lowest BCUT2D eigenvalue weighted by Gasteiger charge is -2.08. The minimum absolute atomic E-state index is 0.120. The fourth-order valence-electron chi connectivity index (χ4n) is 1.44. The lowest BCUT2D eigenvalue weighted by molar-refractivity contribution is -0.384. The monoisotopic (exact) mass is 262 g/mol.